The lowest BCUT2D eigenvalue weighted by Crippen LogP contribution is -2.22. The summed E-state index contributed by atoms with van der Waals surface area (Å²) in [6, 6.07) is 11.0. The Morgan fingerprint density at radius 1 is 1.18 bits per heavy atom. The largest absolute Gasteiger partial charge is 0.370 e. The average Bonchev–Trinajstić information content (AvgIpc) is 2.55. The van der Waals surface area contributed by atoms with E-state index in [1.54, 1.807) is 24.4 Å². The highest BCUT2D eigenvalue weighted by atomic mass is 35.5. The Morgan fingerprint density at radius 2 is 1.95 bits per heavy atom. The van der Waals surface area contributed by atoms with Gasteiger partial charge in [0.15, 0.2) is 0 Å². The number of carbonyl (C=O) groups excluding carboxylic acids is 1. The Balaban J connectivity index is 1.85. The van der Waals surface area contributed by atoms with Gasteiger partial charge < -0.3 is 10.6 Å². The molecule has 5 heteroatoms. The second-order valence-corrected chi connectivity index (χ2v) is 5.46. The predicted molar refractivity (Wildman–Crippen MR) is 90.3 cm³/mol. The van der Waals surface area contributed by atoms with Gasteiger partial charge in [0.25, 0.3) is 5.91 Å². The summed E-state index contributed by atoms with van der Waals surface area (Å²) >= 11 is 5.83. The van der Waals surface area contributed by atoms with E-state index in [9.17, 15) is 4.79 Å². The smallest absolute Gasteiger partial charge is 0.253 e. The van der Waals surface area contributed by atoms with E-state index in [-0.39, 0.29) is 5.91 Å². The summed E-state index contributed by atoms with van der Waals surface area (Å²) in [4.78, 5) is 16.3. The first-order valence-electron chi connectivity index (χ1n) is 7.41. The van der Waals surface area contributed by atoms with Crippen molar-refractivity contribution in [3.8, 4) is 0 Å². The van der Waals surface area contributed by atoms with E-state index in [2.05, 4.69) is 22.5 Å². The molecule has 1 aromatic carbocycles. The zero-order valence-electron chi connectivity index (χ0n) is 12.6. The van der Waals surface area contributed by atoms with Gasteiger partial charge in [-0.05, 0) is 36.2 Å². The van der Waals surface area contributed by atoms with Gasteiger partial charge in [0.2, 0.25) is 0 Å². The van der Waals surface area contributed by atoms with Gasteiger partial charge in [-0.2, -0.15) is 0 Å². The maximum atomic E-state index is 12.1. The molecule has 1 amide bonds. The SMILES string of the molecule is CCCCNc1ccc(C(=O)NCc2ccc(Cl)cc2)cn1. The molecule has 22 heavy (non-hydrogen) atoms. The number of aromatic nitrogens is 1. The maximum absolute atomic E-state index is 12.1. The van der Waals surface area contributed by atoms with Gasteiger partial charge >= 0.3 is 0 Å². The Morgan fingerprint density at radius 3 is 2.59 bits per heavy atom. The number of unbranched alkanes of at least 4 members (excludes halogenated alkanes) is 1. The topological polar surface area (TPSA) is 54.0 Å². The number of nitrogens with one attached hydrogen (secondary N) is 2. The van der Waals surface area contributed by atoms with E-state index >= 15 is 0 Å². The standard InChI is InChI=1S/C17H20ClN3O/c1-2-3-10-19-16-9-6-14(12-20-16)17(22)21-11-13-4-7-15(18)8-5-13/h4-9,12H,2-3,10-11H2,1H3,(H,19,20)(H,21,22). The summed E-state index contributed by atoms with van der Waals surface area (Å²) in [6.45, 7) is 3.50. The van der Waals surface area contributed by atoms with E-state index in [0.29, 0.717) is 17.1 Å². The first-order chi connectivity index (χ1) is 10.7. The summed E-state index contributed by atoms with van der Waals surface area (Å²) < 4.78 is 0. The lowest BCUT2D eigenvalue weighted by Gasteiger charge is -2.07. The van der Waals surface area contributed by atoms with Crippen LogP contribution in [0, 0.1) is 0 Å². The molecule has 4 nitrogen and oxygen atoms in total. The fourth-order valence-electron chi connectivity index (χ4n) is 1.91. The number of rotatable bonds is 7. The highest BCUT2D eigenvalue weighted by molar-refractivity contribution is 6.30. The Hall–Kier alpha value is -2.07. The van der Waals surface area contributed by atoms with E-state index < -0.39 is 0 Å². The molecule has 0 aliphatic rings. The molecule has 0 unspecified atom stereocenters. The van der Waals surface area contributed by atoms with Crippen molar-refractivity contribution in [1.29, 1.82) is 0 Å². The number of benzene rings is 1. The lowest BCUT2D eigenvalue weighted by molar-refractivity contribution is 0.0950. The van der Waals surface area contributed by atoms with Crippen molar-refractivity contribution in [2.75, 3.05) is 11.9 Å². The molecule has 116 valence electrons. The zero-order valence-corrected chi connectivity index (χ0v) is 13.4. The number of anilines is 1. The fraction of sp³-hybridized carbons (Fsp3) is 0.294. The minimum atomic E-state index is -0.137. The molecule has 0 bridgehead atoms. The van der Waals surface area contributed by atoms with Crippen molar-refractivity contribution in [3.63, 3.8) is 0 Å². The normalized spacial score (nSPS) is 10.3. The summed E-state index contributed by atoms with van der Waals surface area (Å²) in [7, 11) is 0. The molecule has 0 radical (unpaired) electrons. The Bertz CT molecular complexity index is 596. The van der Waals surface area contributed by atoms with Crippen molar-refractivity contribution in [2.24, 2.45) is 0 Å². The molecule has 0 saturated carbocycles. The monoisotopic (exact) mass is 317 g/mol. The van der Waals surface area contributed by atoms with Crippen molar-refractivity contribution < 1.29 is 4.79 Å². The number of pyridine rings is 1. The molecule has 0 saturated heterocycles. The molecule has 2 rings (SSSR count). The van der Waals surface area contributed by atoms with Crippen molar-refractivity contribution in [2.45, 2.75) is 26.3 Å². The van der Waals surface area contributed by atoms with Gasteiger partial charge in [0, 0.05) is 24.3 Å². The van der Waals surface area contributed by atoms with Gasteiger partial charge in [-0.1, -0.05) is 37.1 Å². The summed E-state index contributed by atoms with van der Waals surface area (Å²) in [6.07, 6.45) is 3.83. The third-order valence-corrected chi connectivity index (χ3v) is 3.48. The van der Waals surface area contributed by atoms with E-state index in [4.69, 9.17) is 11.6 Å². The van der Waals surface area contributed by atoms with Gasteiger partial charge in [0.05, 0.1) is 5.56 Å². The fourth-order valence-corrected chi connectivity index (χ4v) is 2.04. The van der Waals surface area contributed by atoms with Gasteiger partial charge in [0.1, 0.15) is 5.82 Å². The van der Waals surface area contributed by atoms with Gasteiger partial charge in [-0.15, -0.1) is 0 Å². The minimum Gasteiger partial charge on any atom is -0.370 e. The van der Waals surface area contributed by atoms with Gasteiger partial charge in [-0.25, -0.2) is 4.98 Å². The van der Waals surface area contributed by atoms with Crippen molar-refractivity contribution in [3.05, 3.63) is 58.7 Å². The number of carbonyl (C=O) groups is 1. The maximum Gasteiger partial charge on any atom is 0.253 e. The van der Waals surface area contributed by atoms with Crippen LogP contribution in [0.1, 0.15) is 35.7 Å². The van der Waals surface area contributed by atoms with Crippen molar-refractivity contribution in [1.82, 2.24) is 10.3 Å². The lowest BCUT2D eigenvalue weighted by atomic mass is 10.2. The molecule has 0 aliphatic carbocycles. The quantitative estimate of drug-likeness (QED) is 0.762. The van der Waals surface area contributed by atoms with Crippen LogP contribution in [0.2, 0.25) is 5.02 Å². The van der Waals surface area contributed by atoms with Crippen LogP contribution in [0.25, 0.3) is 0 Å². The van der Waals surface area contributed by atoms with Crippen LogP contribution in [-0.4, -0.2) is 17.4 Å². The van der Waals surface area contributed by atoms with Crippen LogP contribution in [0.15, 0.2) is 42.6 Å². The second-order valence-electron chi connectivity index (χ2n) is 5.02. The number of nitrogens with zero attached hydrogens (tertiary/aromatic N) is 1. The summed E-state index contributed by atoms with van der Waals surface area (Å²) in [5, 5.41) is 6.77. The van der Waals surface area contributed by atoms with Crippen LogP contribution < -0.4 is 10.6 Å². The molecule has 0 atom stereocenters. The number of halogens is 1. The Kier molecular flexibility index (Phi) is 6.22. The van der Waals surface area contributed by atoms with E-state index in [1.165, 1.54) is 0 Å². The molecule has 0 fully saturated rings. The number of hydrogen-bond donors (Lipinski definition) is 2. The van der Waals surface area contributed by atoms with Gasteiger partial charge in [-0.3, -0.25) is 4.79 Å². The zero-order chi connectivity index (χ0) is 15.8. The van der Waals surface area contributed by atoms with E-state index in [0.717, 1.165) is 30.8 Å². The average molecular weight is 318 g/mol. The van der Waals surface area contributed by atoms with E-state index in [1.807, 2.05) is 18.2 Å². The third-order valence-electron chi connectivity index (χ3n) is 3.23. The first kappa shape index (κ1) is 16.3. The number of amides is 1. The van der Waals surface area contributed by atoms with Crippen LogP contribution in [0.4, 0.5) is 5.82 Å². The van der Waals surface area contributed by atoms with Crippen LogP contribution in [0.5, 0.6) is 0 Å². The first-order valence-corrected chi connectivity index (χ1v) is 7.79. The third kappa shape index (κ3) is 5.04. The molecule has 0 aliphatic heterocycles. The molecular formula is C17H20ClN3O. The molecule has 2 aromatic rings. The second kappa shape index (κ2) is 8.39. The minimum absolute atomic E-state index is 0.137. The molecule has 1 heterocycles. The summed E-state index contributed by atoms with van der Waals surface area (Å²) in [5.74, 6) is 0.658. The van der Waals surface area contributed by atoms with Crippen LogP contribution in [-0.2, 0) is 6.54 Å². The molecule has 0 spiro atoms. The molecule has 2 N–H and O–H groups in total. The number of hydrogen-bond acceptors (Lipinski definition) is 3. The van der Waals surface area contributed by atoms with Crippen LogP contribution >= 0.6 is 11.6 Å². The van der Waals surface area contributed by atoms with Crippen molar-refractivity contribution >= 4 is 23.3 Å². The molecular weight excluding hydrogens is 298 g/mol. The van der Waals surface area contributed by atoms with Crippen LogP contribution in [0.3, 0.4) is 0 Å². The highest BCUT2D eigenvalue weighted by Gasteiger charge is 2.06. The predicted octanol–water partition coefficient (Wildman–Crippen LogP) is 3.88. The Labute approximate surface area is 135 Å². The molecule has 1 aromatic heterocycles. The highest BCUT2D eigenvalue weighted by Crippen LogP contribution is 2.10. The summed E-state index contributed by atoms with van der Waals surface area (Å²) in [5.41, 5.74) is 1.55.